The molecule has 0 spiro atoms. The van der Waals surface area contributed by atoms with Crippen LogP contribution in [0.1, 0.15) is 19.0 Å². The van der Waals surface area contributed by atoms with E-state index in [9.17, 15) is 9.59 Å². The number of nitrogens with two attached hydrogens (primary N) is 1. The van der Waals surface area contributed by atoms with Gasteiger partial charge in [-0.05, 0) is 6.92 Å². The number of aliphatic carboxylic acids is 1. The van der Waals surface area contributed by atoms with Gasteiger partial charge in [0, 0.05) is 30.8 Å². The summed E-state index contributed by atoms with van der Waals surface area (Å²) in [6.07, 6.45) is 3.25. The number of carbonyl (C=O) groups excluding carboxylic acids is 1. The van der Waals surface area contributed by atoms with Crippen LogP contribution in [0.4, 0.5) is 0 Å². The summed E-state index contributed by atoms with van der Waals surface area (Å²) in [7, 11) is 0. The second-order valence-electron chi connectivity index (χ2n) is 3.92. The Labute approximate surface area is 98.4 Å². The fourth-order valence-electron chi connectivity index (χ4n) is 1.36. The zero-order valence-corrected chi connectivity index (χ0v) is 9.51. The molecule has 0 aliphatic carbocycles. The van der Waals surface area contributed by atoms with Crippen LogP contribution in [0.2, 0.25) is 0 Å². The molecule has 0 saturated heterocycles. The minimum absolute atomic E-state index is 0.104. The van der Waals surface area contributed by atoms with E-state index in [4.69, 9.17) is 10.8 Å². The van der Waals surface area contributed by atoms with Crippen molar-refractivity contribution in [1.29, 1.82) is 0 Å². The lowest BCUT2D eigenvalue weighted by Gasteiger charge is -2.14. The van der Waals surface area contributed by atoms with Crippen molar-refractivity contribution in [3.05, 3.63) is 18.2 Å². The molecule has 94 valence electrons. The van der Waals surface area contributed by atoms with Crippen LogP contribution in [0.25, 0.3) is 0 Å². The SMILES string of the molecule is CC(N)CC(=O)NC(Cc1cnc[nH]1)C(=O)O. The zero-order chi connectivity index (χ0) is 12.8. The fourth-order valence-corrected chi connectivity index (χ4v) is 1.36. The number of hydrogen-bond acceptors (Lipinski definition) is 4. The van der Waals surface area contributed by atoms with E-state index >= 15 is 0 Å². The zero-order valence-electron chi connectivity index (χ0n) is 9.51. The highest BCUT2D eigenvalue weighted by atomic mass is 16.4. The van der Waals surface area contributed by atoms with Crippen LogP contribution in [0, 0.1) is 0 Å². The summed E-state index contributed by atoms with van der Waals surface area (Å²) >= 11 is 0. The lowest BCUT2D eigenvalue weighted by molar-refractivity contribution is -0.141. The van der Waals surface area contributed by atoms with Gasteiger partial charge < -0.3 is 21.1 Å². The number of aromatic nitrogens is 2. The molecule has 0 aliphatic heterocycles. The number of nitrogens with one attached hydrogen (secondary N) is 2. The van der Waals surface area contributed by atoms with Crippen LogP contribution in [0.5, 0.6) is 0 Å². The summed E-state index contributed by atoms with van der Waals surface area (Å²) in [6.45, 7) is 1.68. The molecule has 1 aromatic rings. The number of imidazole rings is 1. The van der Waals surface area contributed by atoms with Crippen LogP contribution < -0.4 is 11.1 Å². The third kappa shape index (κ3) is 4.64. The topological polar surface area (TPSA) is 121 Å². The van der Waals surface area contributed by atoms with Gasteiger partial charge in [0.05, 0.1) is 6.33 Å². The second-order valence-corrected chi connectivity index (χ2v) is 3.92. The Balaban J connectivity index is 2.55. The van der Waals surface area contributed by atoms with E-state index in [1.807, 2.05) is 0 Å². The molecule has 1 aromatic heterocycles. The van der Waals surface area contributed by atoms with Crippen molar-refractivity contribution in [3.8, 4) is 0 Å². The highest BCUT2D eigenvalue weighted by molar-refractivity contribution is 5.83. The molecular formula is C10H16N4O3. The van der Waals surface area contributed by atoms with Gasteiger partial charge in [0.15, 0.2) is 0 Å². The van der Waals surface area contributed by atoms with Crippen LogP contribution >= 0.6 is 0 Å². The maximum absolute atomic E-state index is 11.4. The first-order valence-electron chi connectivity index (χ1n) is 5.24. The number of carbonyl (C=O) groups is 2. The highest BCUT2D eigenvalue weighted by Gasteiger charge is 2.21. The van der Waals surface area contributed by atoms with Crippen LogP contribution in [-0.4, -0.2) is 39.0 Å². The van der Waals surface area contributed by atoms with E-state index in [2.05, 4.69) is 15.3 Å². The Bertz CT molecular complexity index is 375. The summed E-state index contributed by atoms with van der Waals surface area (Å²) in [5.41, 5.74) is 6.11. The van der Waals surface area contributed by atoms with Gasteiger partial charge in [-0.2, -0.15) is 0 Å². The number of hydrogen-bond donors (Lipinski definition) is 4. The molecular weight excluding hydrogens is 224 g/mol. The Morgan fingerprint density at radius 2 is 2.35 bits per heavy atom. The van der Waals surface area contributed by atoms with Crippen molar-refractivity contribution in [2.24, 2.45) is 5.73 Å². The van der Waals surface area contributed by atoms with Crippen molar-refractivity contribution < 1.29 is 14.7 Å². The van der Waals surface area contributed by atoms with Gasteiger partial charge in [-0.25, -0.2) is 9.78 Å². The van der Waals surface area contributed by atoms with Gasteiger partial charge in [0.1, 0.15) is 6.04 Å². The first-order chi connectivity index (χ1) is 7.99. The normalized spacial score (nSPS) is 14.0. The number of carboxylic acids is 1. The van der Waals surface area contributed by atoms with Gasteiger partial charge >= 0.3 is 5.97 Å². The van der Waals surface area contributed by atoms with Gasteiger partial charge in [-0.3, -0.25) is 4.79 Å². The molecule has 0 fully saturated rings. The summed E-state index contributed by atoms with van der Waals surface area (Å²) < 4.78 is 0. The first kappa shape index (κ1) is 13.2. The Morgan fingerprint density at radius 3 is 2.82 bits per heavy atom. The van der Waals surface area contributed by atoms with Crippen molar-refractivity contribution in [2.75, 3.05) is 0 Å². The van der Waals surface area contributed by atoms with Gasteiger partial charge in [0.2, 0.25) is 5.91 Å². The maximum atomic E-state index is 11.4. The van der Waals surface area contributed by atoms with Crippen LogP contribution in [0.3, 0.4) is 0 Å². The molecule has 0 bridgehead atoms. The minimum atomic E-state index is -1.09. The Morgan fingerprint density at radius 1 is 1.65 bits per heavy atom. The predicted molar refractivity (Wildman–Crippen MR) is 60.1 cm³/mol. The van der Waals surface area contributed by atoms with Crippen molar-refractivity contribution in [1.82, 2.24) is 15.3 Å². The number of carboxylic acid groups (broad SMARTS) is 1. The third-order valence-electron chi connectivity index (χ3n) is 2.12. The van der Waals surface area contributed by atoms with E-state index < -0.39 is 12.0 Å². The molecule has 7 nitrogen and oxygen atoms in total. The standard InChI is InChI=1S/C10H16N4O3/c1-6(11)2-9(15)14-8(10(16)17)3-7-4-12-5-13-7/h4-6,8H,2-3,11H2,1H3,(H,12,13)(H,14,15)(H,16,17). The minimum Gasteiger partial charge on any atom is -0.480 e. The molecule has 1 rings (SSSR count). The van der Waals surface area contributed by atoms with Crippen molar-refractivity contribution in [2.45, 2.75) is 31.8 Å². The molecule has 0 saturated carbocycles. The van der Waals surface area contributed by atoms with Gasteiger partial charge in [-0.15, -0.1) is 0 Å². The predicted octanol–water partition coefficient (Wildman–Crippen LogP) is -0.741. The molecule has 2 atom stereocenters. The molecule has 1 heterocycles. The molecule has 1 amide bonds. The number of nitrogens with zero attached hydrogens (tertiary/aromatic N) is 1. The lowest BCUT2D eigenvalue weighted by Crippen LogP contribution is -2.43. The number of amides is 1. The summed E-state index contributed by atoms with van der Waals surface area (Å²) in [4.78, 5) is 29.0. The summed E-state index contributed by atoms with van der Waals surface area (Å²) in [6, 6.07) is -1.27. The van der Waals surface area contributed by atoms with Crippen LogP contribution in [0.15, 0.2) is 12.5 Å². The average molecular weight is 240 g/mol. The number of aromatic amines is 1. The molecule has 17 heavy (non-hydrogen) atoms. The fraction of sp³-hybridized carbons (Fsp3) is 0.500. The van der Waals surface area contributed by atoms with Crippen molar-refractivity contribution in [3.63, 3.8) is 0 Å². The summed E-state index contributed by atoms with van der Waals surface area (Å²) in [5.74, 6) is -1.45. The average Bonchev–Trinajstić information content (AvgIpc) is 2.67. The van der Waals surface area contributed by atoms with Gasteiger partial charge in [0.25, 0.3) is 0 Å². The monoisotopic (exact) mass is 240 g/mol. The molecule has 2 unspecified atom stereocenters. The van der Waals surface area contributed by atoms with Gasteiger partial charge in [-0.1, -0.05) is 0 Å². The maximum Gasteiger partial charge on any atom is 0.326 e. The molecule has 5 N–H and O–H groups in total. The Hall–Kier alpha value is -1.89. The lowest BCUT2D eigenvalue weighted by atomic mass is 10.1. The van der Waals surface area contributed by atoms with E-state index in [1.165, 1.54) is 12.5 Å². The number of rotatable bonds is 6. The molecule has 0 radical (unpaired) electrons. The van der Waals surface area contributed by atoms with E-state index in [0.29, 0.717) is 5.69 Å². The Kier molecular flexibility index (Phi) is 4.65. The van der Waals surface area contributed by atoms with E-state index in [0.717, 1.165) is 0 Å². The molecule has 0 aliphatic rings. The molecule has 0 aromatic carbocycles. The quantitative estimate of drug-likeness (QED) is 0.521. The summed E-state index contributed by atoms with van der Waals surface area (Å²) in [5, 5.41) is 11.4. The van der Waals surface area contributed by atoms with Crippen LogP contribution in [-0.2, 0) is 16.0 Å². The molecule has 7 heteroatoms. The van der Waals surface area contributed by atoms with Crippen molar-refractivity contribution >= 4 is 11.9 Å². The van der Waals surface area contributed by atoms with E-state index in [-0.39, 0.29) is 24.8 Å². The second kappa shape index (κ2) is 6.00. The first-order valence-corrected chi connectivity index (χ1v) is 5.24. The number of H-pyrrole nitrogens is 1. The highest BCUT2D eigenvalue weighted by Crippen LogP contribution is 1.99. The smallest absolute Gasteiger partial charge is 0.326 e. The largest absolute Gasteiger partial charge is 0.480 e. The third-order valence-corrected chi connectivity index (χ3v) is 2.12. The van der Waals surface area contributed by atoms with E-state index in [1.54, 1.807) is 6.92 Å².